The van der Waals surface area contributed by atoms with Gasteiger partial charge in [0.15, 0.2) is 0 Å². The van der Waals surface area contributed by atoms with Gasteiger partial charge in [-0.25, -0.2) is 0 Å². The van der Waals surface area contributed by atoms with Crippen LogP contribution >= 0.6 is 11.3 Å². The van der Waals surface area contributed by atoms with Crippen LogP contribution in [0.1, 0.15) is 51.5 Å². The van der Waals surface area contributed by atoms with Crippen molar-refractivity contribution in [3.63, 3.8) is 0 Å². The molecule has 0 spiro atoms. The topological polar surface area (TPSA) is 47.3 Å². The molecule has 0 aliphatic heterocycles. The fourth-order valence-corrected chi connectivity index (χ4v) is 4.33. The Kier molecular flexibility index (Phi) is 6.02. The number of nitrogens with one attached hydrogen (secondary N) is 1. The summed E-state index contributed by atoms with van der Waals surface area (Å²) in [5, 5.41) is 4.37. The molecule has 1 heterocycles. The van der Waals surface area contributed by atoms with Crippen molar-refractivity contribution in [2.75, 3.05) is 6.61 Å². The van der Waals surface area contributed by atoms with Crippen molar-refractivity contribution in [3.8, 4) is 0 Å². The third-order valence-electron chi connectivity index (χ3n) is 4.56. The molecule has 114 valence electrons. The zero-order valence-electron chi connectivity index (χ0n) is 12.7. The molecule has 0 saturated heterocycles. The molecule has 1 saturated carbocycles. The number of aryl methyl sites for hydroxylation is 1. The Morgan fingerprint density at radius 1 is 1.60 bits per heavy atom. The first kappa shape index (κ1) is 16.0. The quantitative estimate of drug-likeness (QED) is 0.598. The summed E-state index contributed by atoms with van der Waals surface area (Å²) in [7, 11) is 0. The number of hydrogen-bond donors (Lipinski definition) is 2. The lowest BCUT2D eigenvalue weighted by Crippen LogP contribution is -2.57. The average Bonchev–Trinajstić information content (AvgIpc) is 2.93. The molecule has 3 unspecified atom stereocenters. The van der Waals surface area contributed by atoms with E-state index >= 15 is 0 Å². The molecule has 0 aromatic carbocycles. The van der Waals surface area contributed by atoms with Gasteiger partial charge in [-0.15, -0.1) is 0 Å². The van der Waals surface area contributed by atoms with E-state index in [-0.39, 0.29) is 11.6 Å². The standard InChI is InChI=1S/C16H28N2OS/c1-3-19-16(9-4-5-13(2)11-16)15(18-17)7-6-14-8-10-20-12-14/h8,10,12-13,15,18H,3-7,9,11,17H2,1-2H3. The van der Waals surface area contributed by atoms with Crippen LogP contribution in [-0.4, -0.2) is 18.2 Å². The summed E-state index contributed by atoms with van der Waals surface area (Å²) in [5.74, 6) is 6.61. The molecular weight excluding hydrogens is 268 g/mol. The Labute approximate surface area is 126 Å². The Hall–Kier alpha value is -0.420. The predicted molar refractivity (Wildman–Crippen MR) is 85.7 cm³/mol. The van der Waals surface area contributed by atoms with Crippen molar-refractivity contribution in [1.82, 2.24) is 5.43 Å². The monoisotopic (exact) mass is 296 g/mol. The van der Waals surface area contributed by atoms with E-state index in [1.54, 1.807) is 11.3 Å². The molecule has 3 N–H and O–H groups in total. The smallest absolute Gasteiger partial charge is 0.0850 e. The average molecular weight is 296 g/mol. The van der Waals surface area contributed by atoms with Crippen LogP contribution in [0.25, 0.3) is 0 Å². The van der Waals surface area contributed by atoms with Crippen molar-refractivity contribution in [2.45, 2.75) is 64.0 Å². The van der Waals surface area contributed by atoms with Gasteiger partial charge in [0.25, 0.3) is 0 Å². The lowest BCUT2D eigenvalue weighted by atomic mass is 9.73. The molecule has 1 aliphatic rings. The fourth-order valence-electron chi connectivity index (χ4n) is 3.62. The molecule has 3 atom stereocenters. The molecule has 0 radical (unpaired) electrons. The number of rotatable bonds is 7. The fraction of sp³-hybridized carbons (Fsp3) is 0.750. The second-order valence-corrected chi connectivity index (χ2v) is 6.87. The van der Waals surface area contributed by atoms with Gasteiger partial charge in [0.05, 0.1) is 11.6 Å². The van der Waals surface area contributed by atoms with Crippen molar-refractivity contribution < 1.29 is 4.74 Å². The highest BCUT2D eigenvalue weighted by molar-refractivity contribution is 7.07. The molecule has 20 heavy (non-hydrogen) atoms. The van der Waals surface area contributed by atoms with Gasteiger partial charge in [-0.3, -0.25) is 11.3 Å². The molecule has 1 aromatic heterocycles. The van der Waals surface area contributed by atoms with Crippen LogP contribution in [0, 0.1) is 5.92 Å². The minimum atomic E-state index is -0.0722. The van der Waals surface area contributed by atoms with Gasteiger partial charge in [0.2, 0.25) is 0 Å². The number of thiophene rings is 1. The van der Waals surface area contributed by atoms with Crippen LogP contribution in [0.15, 0.2) is 16.8 Å². The normalized spacial score (nSPS) is 28.4. The third kappa shape index (κ3) is 3.82. The molecule has 4 heteroatoms. The van der Waals surface area contributed by atoms with E-state index in [0.29, 0.717) is 0 Å². The van der Waals surface area contributed by atoms with Crippen molar-refractivity contribution in [2.24, 2.45) is 11.8 Å². The first-order valence-electron chi connectivity index (χ1n) is 7.81. The molecular formula is C16H28N2OS. The van der Waals surface area contributed by atoms with Gasteiger partial charge >= 0.3 is 0 Å². The third-order valence-corrected chi connectivity index (χ3v) is 5.29. The van der Waals surface area contributed by atoms with Crippen molar-refractivity contribution in [1.29, 1.82) is 0 Å². The van der Waals surface area contributed by atoms with Gasteiger partial charge < -0.3 is 4.74 Å². The van der Waals surface area contributed by atoms with Gasteiger partial charge in [0, 0.05) is 6.61 Å². The van der Waals surface area contributed by atoms with E-state index in [4.69, 9.17) is 10.6 Å². The number of hydrazine groups is 1. The summed E-state index contributed by atoms with van der Waals surface area (Å²) < 4.78 is 6.22. The van der Waals surface area contributed by atoms with E-state index < -0.39 is 0 Å². The van der Waals surface area contributed by atoms with Gasteiger partial charge in [0.1, 0.15) is 0 Å². The van der Waals surface area contributed by atoms with E-state index in [9.17, 15) is 0 Å². The molecule has 1 aliphatic carbocycles. The molecule has 1 aromatic rings. The first-order chi connectivity index (χ1) is 9.70. The zero-order valence-corrected chi connectivity index (χ0v) is 13.5. The molecule has 0 bridgehead atoms. The van der Waals surface area contributed by atoms with Crippen LogP contribution in [0.2, 0.25) is 0 Å². The maximum Gasteiger partial charge on any atom is 0.0850 e. The Bertz CT molecular complexity index is 378. The SMILES string of the molecule is CCOC1(C(CCc2ccsc2)NN)CCCC(C)C1. The minimum Gasteiger partial charge on any atom is -0.374 e. The summed E-state index contributed by atoms with van der Waals surface area (Å²) in [6, 6.07) is 2.44. The molecule has 1 fully saturated rings. The highest BCUT2D eigenvalue weighted by atomic mass is 32.1. The second kappa shape index (κ2) is 7.55. The minimum absolute atomic E-state index is 0.0722. The largest absolute Gasteiger partial charge is 0.374 e. The van der Waals surface area contributed by atoms with E-state index in [0.717, 1.165) is 38.2 Å². The summed E-state index contributed by atoms with van der Waals surface area (Å²) in [5.41, 5.74) is 4.39. The van der Waals surface area contributed by atoms with Crippen LogP contribution < -0.4 is 11.3 Å². The van der Waals surface area contributed by atoms with Crippen LogP contribution in [-0.2, 0) is 11.2 Å². The first-order valence-corrected chi connectivity index (χ1v) is 8.75. The van der Waals surface area contributed by atoms with Gasteiger partial charge in [-0.1, -0.05) is 19.8 Å². The van der Waals surface area contributed by atoms with E-state index in [2.05, 4.69) is 36.1 Å². The van der Waals surface area contributed by atoms with Gasteiger partial charge in [-0.05, 0) is 60.9 Å². The summed E-state index contributed by atoms with van der Waals surface area (Å²) in [4.78, 5) is 0. The predicted octanol–water partition coefficient (Wildman–Crippen LogP) is 3.50. The number of nitrogens with two attached hydrogens (primary N) is 1. The number of ether oxygens (including phenoxy) is 1. The van der Waals surface area contributed by atoms with Crippen molar-refractivity contribution in [3.05, 3.63) is 22.4 Å². The van der Waals surface area contributed by atoms with Crippen LogP contribution in [0.4, 0.5) is 0 Å². The Morgan fingerprint density at radius 3 is 3.05 bits per heavy atom. The highest BCUT2D eigenvalue weighted by Gasteiger charge is 2.42. The summed E-state index contributed by atoms with van der Waals surface area (Å²) >= 11 is 1.76. The maximum absolute atomic E-state index is 6.22. The Balaban J connectivity index is 2.04. The second-order valence-electron chi connectivity index (χ2n) is 6.09. The summed E-state index contributed by atoms with van der Waals surface area (Å²) in [6.07, 6.45) is 6.93. The lowest BCUT2D eigenvalue weighted by Gasteiger charge is -2.45. The number of hydrogen-bond acceptors (Lipinski definition) is 4. The van der Waals surface area contributed by atoms with E-state index in [1.165, 1.54) is 18.4 Å². The lowest BCUT2D eigenvalue weighted by molar-refractivity contribution is -0.102. The molecule has 0 amide bonds. The van der Waals surface area contributed by atoms with Crippen LogP contribution in [0.3, 0.4) is 0 Å². The Morgan fingerprint density at radius 2 is 2.45 bits per heavy atom. The van der Waals surface area contributed by atoms with Crippen LogP contribution in [0.5, 0.6) is 0 Å². The van der Waals surface area contributed by atoms with Gasteiger partial charge in [-0.2, -0.15) is 11.3 Å². The molecule has 2 rings (SSSR count). The summed E-state index contributed by atoms with van der Waals surface area (Å²) in [6.45, 7) is 5.19. The highest BCUT2D eigenvalue weighted by Crippen LogP contribution is 2.38. The maximum atomic E-state index is 6.22. The van der Waals surface area contributed by atoms with E-state index in [1.807, 2.05) is 0 Å². The van der Waals surface area contributed by atoms with Crippen molar-refractivity contribution >= 4 is 11.3 Å². The zero-order chi connectivity index (χ0) is 14.4. The molecule has 3 nitrogen and oxygen atoms in total.